The molecule has 0 N–H and O–H groups in total. The molecule has 0 saturated heterocycles. The second-order valence-corrected chi connectivity index (χ2v) is 6.19. The third-order valence-electron chi connectivity index (χ3n) is 2.83. The molecular weight excluding hydrogens is 410 g/mol. The van der Waals surface area contributed by atoms with Crippen molar-refractivity contribution in [3.8, 4) is 11.5 Å². The van der Waals surface area contributed by atoms with Crippen LogP contribution in [0.2, 0.25) is 0 Å². The third-order valence-corrected chi connectivity index (χ3v) is 3.87. The minimum absolute atomic E-state index is 0.601. The van der Waals surface area contributed by atoms with Gasteiger partial charge in [0, 0.05) is 16.3 Å². The lowest BCUT2D eigenvalue weighted by Crippen LogP contribution is -1.97. The highest BCUT2D eigenvalue weighted by molar-refractivity contribution is 9.11. The summed E-state index contributed by atoms with van der Waals surface area (Å²) in [6.45, 7) is 5.19. The van der Waals surface area contributed by atoms with Crippen LogP contribution in [0.5, 0.6) is 11.5 Å². The van der Waals surface area contributed by atoms with Crippen molar-refractivity contribution in [2.45, 2.75) is 13.8 Å². The van der Waals surface area contributed by atoms with Gasteiger partial charge in [-0.2, -0.15) is 0 Å². The highest BCUT2D eigenvalue weighted by Crippen LogP contribution is 2.32. The first-order valence-electron chi connectivity index (χ1n) is 7.02. The Hall–Kier alpha value is -1.33. The smallest absolute Gasteiger partial charge is 0.142 e. The minimum Gasteiger partial charge on any atom is -0.494 e. The molecule has 5 heteroatoms. The number of hydrogen-bond donors (Lipinski definition) is 0. The van der Waals surface area contributed by atoms with Crippen molar-refractivity contribution in [3.05, 3.63) is 50.9 Å². The van der Waals surface area contributed by atoms with Crippen LogP contribution in [-0.4, -0.2) is 19.4 Å². The van der Waals surface area contributed by atoms with E-state index in [1.54, 1.807) is 6.21 Å². The molecule has 0 saturated carbocycles. The lowest BCUT2D eigenvalue weighted by molar-refractivity contribution is 0.337. The molecule has 0 aliphatic rings. The Morgan fingerprint density at radius 1 is 1.00 bits per heavy atom. The lowest BCUT2D eigenvalue weighted by Gasteiger charge is -2.10. The maximum Gasteiger partial charge on any atom is 0.142 e. The van der Waals surface area contributed by atoms with Crippen molar-refractivity contribution in [3.63, 3.8) is 0 Å². The van der Waals surface area contributed by atoms with Crippen LogP contribution in [0, 0.1) is 0 Å². The van der Waals surface area contributed by atoms with Gasteiger partial charge in [-0.15, -0.1) is 0 Å². The third kappa shape index (κ3) is 4.58. The molecule has 116 valence electrons. The standard InChI is InChI=1S/C17H17Br2NO2/c1-3-21-15-7-5-14(6-8-15)20-11-12-9-13(18)10-16(19)17(12)22-4-2/h5-11H,3-4H2,1-2H3. The molecule has 0 aliphatic heterocycles. The van der Waals surface area contributed by atoms with Gasteiger partial charge in [0.25, 0.3) is 0 Å². The van der Waals surface area contributed by atoms with Crippen molar-refractivity contribution in [2.24, 2.45) is 4.99 Å². The van der Waals surface area contributed by atoms with Gasteiger partial charge in [-0.25, -0.2) is 0 Å². The van der Waals surface area contributed by atoms with Gasteiger partial charge in [-0.05, 0) is 66.2 Å². The van der Waals surface area contributed by atoms with Crippen LogP contribution in [-0.2, 0) is 0 Å². The second-order valence-electron chi connectivity index (χ2n) is 4.42. The zero-order chi connectivity index (χ0) is 15.9. The number of benzene rings is 2. The molecule has 0 amide bonds. The summed E-state index contributed by atoms with van der Waals surface area (Å²) in [6, 6.07) is 11.6. The van der Waals surface area contributed by atoms with Gasteiger partial charge >= 0.3 is 0 Å². The summed E-state index contributed by atoms with van der Waals surface area (Å²) in [6.07, 6.45) is 1.80. The number of halogens is 2. The van der Waals surface area contributed by atoms with Crippen molar-refractivity contribution in [1.82, 2.24) is 0 Å². The highest BCUT2D eigenvalue weighted by atomic mass is 79.9. The molecule has 2 rings (SSSR count). The summed E-state index contributed by atoms with van der Waals surface area (Å²) < 4.78 is 13.0. The quantitative estimate of drug-likeness (QED) is 0.549. The van der Waals surface area contributed by atoms with Crippen LogP contribution in [0.15, 0.2) is 50.3 Å². The first kappa shape index (κ1) is 17.0. The van der Waals surface area contributed by atoms with Gasteiger partial charge in [0.15, 0.2) is 0 Å². The molecule has 0 fully saturated rings. The Kier molecular flexibility index (Phi) is 6.46. The summed E-state index contributed by atoms with van der Waals surface area (Å²) >= 11 is 7.01. The Morgan fingerprint density at radius 3 is 2.32 bits per heavy atom. The fourth-order valence-electron chi connectivity index (χ4n) is 1.91. The number of nitrogens with zero attached hydrogens (tertiary/aromatic N) is 1. The number of rotatable bonds is 6. The molecule has 2 aromatic rings. The molecule has 0 unspecified atom stereocenters. The normalized spacial score (nSPS) is 10.9. The first-order chi connectivity index (χ1) is 10.6. The van der Waals surface area contributed by atoms with Gasteiger partial charge in [-0.1, -0.05) is 15.9 Å². The van der Waals surface area contributed by atoms with Crippen LogP contribution in [0.25, 0.3) is 0 Å². The van der Waals surface area contributed by atoms with Crippen LogP contribution in [0.4, 0.5) is 5.69 Å². The van der Waals surface area contributed by atoms with Gasteiger partial charge < -0.3 is 9.47 Å². The maximum absolute atomic E-state index is 5.68. The Labute approximate surface area is 147 Å². The summed E-state index contributed by atoms with van der Waals surface area (Å²) in [5.41, 5.74) is 1.78. The largest absolute Gasteiger partial charge is 0.494 e. The van der Waals surface area contributed by atoms with E-state index in [0.29, 0.717) is 13.2 Å². The minimum atomic E-state index is 0.601. The molecule has 0 spiro atoms. The molecule has 2 aromatic carbocycles. The fourth-order valence-corrected chi connectivity index (χ4v) is 3.28. The Balaban J connectivity index is 2.25. The maximum atomic E-state index is 5.68. The zero-order valence-electron chi connectivity index (χ0n) is 12.5. The molecule has 0 aliphatic carbocycles. The lowest BCUT2D eigenvalue weighted by atomic mass is 10.2. The van der Waals surface area contributed by atoms with Gasteiger partial charge in [0.1, 0.15) is 11.5 Å². The Morgan fingerprint density at radius 2 is 1.68 bits per heavy atom. The van der Waals surface area contributed by atoms with Crippen LogP contribution >= 0.6 is 31.9 Å². The van der Waals surface area contributed by atoms with E-state index in [1.807, 2.05) is 50.2 Å². The summed E-state index contributed by atoms with van der Waals surface area (Å²) in [7, 11) is 0. The predicted molar refractivity (Wildman–Crippen MR) is 97.9 cm³/mol. The molecular formula is C17H17Br2NO2. The second kappa shape index (κ2) is 8.34. The number of aliphatic imine (C=N–C) groups is 1. The van der Waals surface area contributed by atoms with Crippen molar-refractivity contribution in [1.29, 1.82) is 0 Å². The van der Waals surface area contributed by atoms with Gasteiger partial charge in [0.2, 0.25) is 0 Å². The monoisotopic (exact) mass is 425 g/mol. The van der Waals surface area contributed by atoms with E-state index in [-0.39, 0.29) is 0 Å². The van der Waals surface area contributed by atoms with E-state index in [2.05, 4.69) is 36.9 Å². The van der Waals surface area contributed by atoms with E-state index in [4.69, 9.17) is 9.47 Å². The van der Waals surface area contributed by atoms with Crippen molar-refractivity contribution in [2.75, 3.05) is 13.2 Å². The Bertz CT molecular complexity index is 654. The highest BCUT2D eigenvalue weighted by Gasteiger charge is 2.08. The molecule has 0 heterocycles. The van der Waals surface area contributed by atoms with E-state index < -0.39 is 0 Å². The fraction of sp³-hybridized carbons (Fsp3) is 0.235. The zero-order valence-corrected chi connectivity index (χ0v) is 15.6. The number of ether oxygens (including phenoxy) is 2. The molecule has 0 bridgehead atoms. The van der Waals surface area contributed by atoms with Crippen molar-refractivity contribution < 1.29 is 9.47 Å². The molecule has 3 nitrogen and oxygen atoms in total. The van der Waals surface area contributed by atoms with Gasteiger partial charge in [0.05, 0.1) is 23.4 Å². The molecule has 0 atom stereocenters. The SMILES string of the molecule is CCOc1ccc(N=Cc2cc(Br)cc(Br)c2OCC)cc1. The molecule has 0 radical (unpaired) electrons. The molecule has 0 aromatic heterocycles. The van der Waals surface area contributed by atoms with Crippen LogP contribution < -0.4 is 9.47 Å². The van der Waals surface area contributed by atoms with E-state index in [9.17, 15) is 0 Å². The van der Waals surface area contributed by atoms with E-state index in [1.165, 1.54) is 0 Å². The van der Waals surface area contributed by atoms with E-state index >= 15 is 0 Å². The topological polar surface area (TPSA) is 30.8 Å². The summed E-state index contributed by atoms with van der Waals surface area (Å²) in [5, 5.41) is 0. The average molecular weight is 427 g/mol. The first-order valence-corrected chi connectivity index (χ1v) is 8.61. The predicted octanol–water partition coefficient (Wildman–Crippen LogP) is 5.76. The molecule has 22 heavy (non-hydrogen) atoms. The number of hydrogen-bond acceptors (Lipinski definition) is 3. The van der Waals surface area contributed by atoms with Crippen molar-refractivity contribution >= 4 is 43.8 Å². The van der Waals surface area contributed by atoms with E-state index in [0.717, 1.165) is 31.7 Å². The average Bonchev–Trinajstić information content (AvgIpc) is 2.50. The van der Waals surface area contributed by atoms with Gasteiger partial charge in [-0.3, -0.25) is 4.99 Å². The van der Waals surface area contributed by atoms with Crippen LogP contribution in [0.1, 0.15) is 19.4 Å². The summed E-state index contributed by atoms with van der Waals surface area (Å²) in [4.78, 5) is 4.50. The van der Waals surface area contributed by atoms with Crippen LogP contribution in [0.3, 0.4) is 0 Å². The summed E-state index contributed by atoms with van der Waals surface area (Å²) in [5.74, 6) is 1.64.